The fourth-order valence-corrected chi connectivity index (χ4v) is 9.31. The van der Waals surface area contributed by atoms with Crippen LogP contribution in [0.15, 0.2) is 60.7 Å². The summed E-state index contributed by atoms with van der Waals surface area (Å²) in [6.07, 6.45) is 8.51. The summed E-state index contributed by atoms with van der Waals surface area (Å²) in [5, 5.41) is 0.329. The van der Waals surface area contributed by atoms with E-state index >= 15 is 0 Å². The number of ether oxygens (including phenoxy) is 2. The number of nitrogens with zero attached hydrogens (tertiary/aromatic N) is 2. The van der Waals surface area contributed by atoms with Crippen LogP contribution < -0.4 is 18.8 Å². The van der Waals surface area contributed by atoms with Gasteiger partial charge >= 0.3 is 0 Å². The molecular formula is C46H72N2O4Si2. The van der Waals surface area contributed by atoms with Crippen molar-refractivity contribution < 1.29 is 18.3 Å². The second-order valence-electron chi connectivity index (χ2n) is 18.9. The number of fused-ring (bicyclic) bond motifs is 1. The van der Waals surface area contributed by atoms with Crippen LogP contribution in [0.1, 0.15) is 102 Å². The van der Waals surface area contributed by atoms with E-state index in [4.69, 9.17) is 18.3 Å². The van der Waals surface area contributed by atoms with Gasteiger partial charge < -0.3 is 23.2 Å². The standard InChI is InChI=1S/C46H72N2O4Si2/c1-45(2,3)53(8,9)51-31-29-48(35-36-16-21-40(22-17-36)50-30-28-47-26-14-12-13-15-27-47)44-34-41(49-7)24-25-43(44)39-19-18-38-33-42(23-20-37(38)32-39)52-54(10,11)46(4,5)6/h16-17,20-25,33-34,39H,12-15,18-19,26-32,35H2,1-11H3. The number of hydrogen-bond donors (Lipinski definition) is 0. The molecule has 0 aromatic heterocycles. The first-order valence-corrected chi connectivity index (χ1v) is 26.6. The number of benzene rings is 3. The second-order valence-corrected chi connectivity index (χ2v) is 28.5. The lowest BCUT2D eigenvalue weighted by molar-refractivity contribution is 0.214. The Hall–Kier alpha value is -2.79. The summed E-state index contributed by atoms with van der Waals surface area (Å²) in [5.74, 6) is 3.28. The smallest absolute Gasteiger partial charge is 0.250 e. The molecule has 0 N–H and O–H groups in total. The number of anilines is 1. The average Bonchev–Trinajstić information content (AvgIpc) is 3.39. The summed E-state index contributed by atoms with van der Waals surface area (Å²) in [6.45, 7) is 29.6. The van der Waals surface area contributed by atoms with Crippen LogP contribution >= 0.6 is 0 Å². The van der Waals surface area contributed by atoms with Crippen LogP contribution in [-0.4, -0.2) is 68.0 Å². The van der Waals surface area contributed by atoms with E-state index in [0.717, 1.165) is 62.8 Å². The van der Waals surface area contributed by atoms with Gasteiger partial charge in [-0.2, -0.15) is 0 Å². The molecule has 3 aromatic carbocycles. The van der Waals surface area contributed by atoms with Crippen molar-refractivity contribution >= 4 is 22.3 Å². The fraction of sp³-hybridized carbons (Fsp3) is 0.609. The maximum atomic E-state index is 6.79. The van der Waals surface area contributed by atoms with Gasteiger partial charge in [0.15, 0.2) is 8.32 Å². The Balaban J connectivity index is 1.36. The zero-order chi connectivity index (χ0) is 39.1. The maximum Gasteiger partial charge on any atom is 0.250 e. The quantitative estimate of drug-likeness (QED) is 0.143. The highest BCUT2D eigenvalue weighted by molar-refractivity contribution is 6.75. The molecule has 0 saturated carbocycles. The third kappa shape index (κ3) is 11.2. The van der Waals surface area contributed by atoms with Crippen molar-refractivity contribution in [2.24, 2.45) is 0 Å². The van der Waals surface area contributed by atoms with E-state index in [1.54, 1.807) is 7.11 Å². The predicted octanol–water partition coefficient (Wildman–Crippen LogP) is 11.6. The normalized spacial score (nSPS) is 17.4. The van der Waals surface area contributed by atoms with Crippen LogP contribution in [0.4, 0.5) is 5.69 Å². The molecule has 0 amide bonds. The molecule has 5 rings (SSSR count). The Morgan fingerprint density at radius 2 is 1.37 bits per heavy atom. The van der Waals surface area contributed by atoms with Crippen molar-refractivity contribution in [3.8, 4) is 17.2 Å². The largest absolute Gasteiger partial charge is 0.543 e. The third-order valence-corrected chi connectivity index (χ3v) is 21.8. The van der Waals surface area contributed by atoms with Crippen molar-refractivity contribution in [1.29, 1.82) is 0 Å². The lowest BCUT2D eigenvalue weighted by Crippen LogP contribution is -2.43. The molecule has 8 heteroatoms. The monoisotopic (exact) mass is 773 g/mol. The van der Waals surface area contributed by atoms with Gasteiger partial charge in [-0.3, -0.25) is 4.90 Å². The molecule has 298 valence electrons. The first-order chi connectivity index (χ1) is 25.5. The van der Waals surface area contributed by atoms with Gasteiger partial charge in [0.2, 0.25) is 8.32 Å². The van der Waals surface area contributed by atoms with Gasteiger partial charge in [0.05, 0.1) is 13.7 Å². The number of methoxy groups -OCH3 is 1. The molecule has 0 radical (unpaired) electrons. The summed E-state index contributed by atoms with van der Waals surface area (Å²) in [5.41, 5.74) is 6.78. The lowest BCUT2D eigenvalue weighted by atomic mass is 9.79. The summed E-state index contributed by atoms with van der Waals surface area (Å²) < 4.78 is 25.6. The van der Waals surface area contributed by atoms with E-state index in [9.17, 15) is 0 Å². The number of aryl methyl sites for hydroxylation is 1. The first-order valence-electron chi connectivity index (χ1n) is 20.8. The fourth-order valence-electron chi connectivity index (χ4n) is 7.25. The molecule has 0 bridgehead atoms. The zero-order valence-electron chi connectivity index (χ0n) is 35.8. The third-order valence-electron chi connectivity index (χ3n) is 12.9. The zero-order valence-corrected chi connectivity index (χ0v) is 37.8. The summed E-state index contributed by atoms with van der Waals surface area (Å²) in [4.78, 5) is 5.09. The number of hydrogen-bond acceptors (Lipinski definition) is 6. The van der Waals surface area contributed by atoms with Crippen LogP contribution in [-0.2, 0) is 23.8 Å². The average molecular weight is 773 g/mol. The summed E-state index contributed by atoms with van der Waals surface area (Å²) in [6, 6.07) is 22.4. The Bertz CT molecular complexity index is 1640. The minimum Gasteiger partial charge on any atom is -0.543 e. The van der Waals surface area contributed by atoms with Gasteiger partial charge in [0.1, 0.15) is 23.9 Å². The van der Waals surface area contributed by atoms with Crippen molar-refractivity contribution in [2.45, 2.75) is 135 Å². The molecule has 1 fully saturated rings. The Kier molecular flexibility index (Phi) is 14.1. The molecule has 2 aliphatic rings. The van der Waals surface area contributed by atoms with Crippen LogP contribution in [0.25, 0.3) is 0 Å². The van der Waals surface area contributed by atoms with E-state index in [1.807, 2.05) is 0 Å². The second kappa shape index (κ2) is 18.0. The summed E-state index contributed by atoms with van der Waals surface area (Å²) in [7, 11) is -2.04. The molecule has 0 spiro atoms. The van der Waals surface area contributed by atoms with Crippen molar-refractivity contribution in [1.82, 2.24) is 4.90 Å². The molecule has 6 nitrogen and oxygen atoms in total. The molecule has 1 atom stereocenters. The predicted molar refractivity (Wildman–Crippen MR) is 233 cm³/mol. The van der Waals surface area contributed by atoms with E-state index in [1.165, 1.54) is 66.7 Å². The Morgan fingerprint density at radius 3 is 2.02 bits per heavy atom. The van der Waals surface area contributed by atoms with Crippen molar-refractivity contribution in [3.63, 3.8) is 0 Å². The molecule has 1 aliphatic carbocycles. The number of rotatable bonds is 15. The van der Waals surface area contributed by atoms with E-state index < -0.39 is 16.6 Å². The highest BCUT2D eigenvalue weighted by atomic mass is 28.4. The van der Waals surface area contributed by atoms with E-state index in [0.29, 0.717) is 12.5 Å². The molecule has 1 heterocycles. The molecule has 1 aliphatic heterocycles. The van der Waals surface area contributed by atoms with Gasteiger partial charge in [-0.1, -0.05) is 78.6 Å². The van der Waals surface area contributed by atoms with Crippen LogP contribution in [0.5, 0.6) is 17.2 Å². The van der Waals surface area contributed by atoms with Crippen molar-refractivity contribution in [2.75, 3.05) is 51.4 Å². The van der Waals surface area contributed by atoms with Gasteiger partial charge in [0.25, 0.3) is 0 Å². The van der Waals surface area contributed by atoms with Gasteiger partial charge in [-0.05, 0) is 140 Å². The minimum atomic E-state index is -1.91. The van der Waals surface area contributed by atoms with E-state index in [-0.39, 0.29) is 10.1 Å². The van der Waals surface area contributed by atoms with Gasteiger partial charge in [-0.15, -0.1) is 0 Å². The van der Waals surface area contributed by atoms with Gasteiger partial charge in [-0.25, -0.2) is 0 Å². The highest BCUT2D eigenvalue weighted by Crippen LogP contribution is 2.42. The van der Waals surface area contributed by atoms with Crippen LogP contribution in [0.2, 0.25) is 36.3 Å². The van der Waals surface area contributed by atoms with Gasteiger partial charge in [0, 0.05) is 31.4 Å². The molecular weight excluding hydrogens is 701 g/mol. The maximum absolute atomic E-state index is 6.79. The van der Waals surface area contributed by atoms with Crippen LogP contribution in [0, 0.1) is 0 Å². The topological polar surface area (TPSA) is 43.4 Å². The lowest BCUT2D eigenvalue weighted by Gasteiger charge is -2.38. The SMILES string of the molecule is COc1ccc(C2CCc3cc(O[Si](C)(C)C(C)(C)C)ccc3C2)c(N(CCO[Si](C)(C)C(C)(C)C)Cc2ccc(OCCN3CCCCCC3)cc2)c1. The molecule has 3 aromatic rings. The Morgan fingerprint density at radius 1 is 0.722 bits per heavy atom. The molecule has 1 saturated heterocycles. The molecule has 1 unspecified atom stereocenters. The first kappa shape index (κ1) is 42.4. The summed E-state index contributed by atoms with van der Waals surface area (Å²) >= 11 is 0. The number of likely N-dealkylation sites (tertiary alicyclic amines) is 1. The Labute approximate surface area is 331 Å². The van der Waals surface area contributed by atoms with Crippen molar-refractivity contribution in [3.05, 3.63) is 82.9 Å². The molecule has 54 heavy (non-hydrogen) atoms. The minimum absolute atomic E-state index is 0.160. The van der Waals surface area contributed by atoms with Crippen LogP contribution in [0.3, 0.4) is 0 Å². The van der Waals surface area contributed by atoms with E-state index in [2.05, 4.69) is 138 Å². The highest BCUT2D eigenvalue weighted by Gasteiger charge is 2.39.